The van der Waals surface area contributed by atoms with Crippen molar-refractivity contribution in [2.45, 2.75) is 11.3 Å². The molecule has 26 heavy (non-hydrogen) atoms. The first kappa shape index (κ1) is 18.4. The predicted molar refractivity (Wildman–Crippen MR) is 86.1 cm³/mol. The standard InChI is InChI=1S/C15H15F3N4O3S/c16-15(17,18)25-12-3-1-4-13(11-12)26(23,24)22-9-7-21(8-10-22)14-19-5-2-6-20-14/h1-6,11H,7-10H2. The Hall–Kier alpha value is -2.40. The summed E-state index contributed by atoms with van der Waals surface area (Å²) in [6.07, 6.45) is -1.70. The molecule has 0 aliphatic carbocycles. The monoisotopic (exact) mass is 388 g/mol. The molecule has 0 N–H and O–H groups in total. The van der Waals surface area contributed by atoms with Crippen molar-refractivity contribution in [2.24, 2.45) is 0 Å². The first-order chi connectivity index (χ1) is 12.3. The van der Waals surface area contributed by atoms with Crippen molar-refractivity contribution in [3.63, 3.8) is 0 Å². The second-order valence-electron chi connectivity index (χ2n) is 5.46. The minimum Gasteiger partial charge on any atom is -0.406 e. The summed E-state index contributed by atoms with van der Waals surface area (Å²) >= 11 is 0. The van der Waals surface area contributed by atoms with Crippen LogP contribution in [0.15, 0.2) is 47.6 Å². The molecule has 0 radical (unpaired) electrons. The molecule has 3 rings (SSSR count). The van der Waals surface area contributed by atoms with Crippen molar-refractivity contribution in [3.8, 4) is 5.75 Å². The number of alkyl halides is 3. The molecular formula is C15H15F3N4O3S. The summed E-state index contributed by atoms with van der Waals surface area (Å²) in [5.41, 5.74) is 0. The van der Waals surface area contributed by atoms with Gasteiger partial charge in [0.15, 0.2) is 0 Å². The number of benzene rings is 1. The van der Waals surface area contributed by atoms with Gasteiger partial charge in [0.1, 0.15) is 5.75 Å². The normalized spacial score (nSPS) is 16.5. The predicted octanol–water partition coefficient (Wildman–Crippen LogP) is 1.89. The fourth-order valence-electron chi connectivity index (χ4n) is 2.56. The molecule has 1 aliphatic rings. The molecule has 0 atom stereocenters. The minimum absolute atomic E-state index is 0.172. The van der Waals surface area contributed by atoms with Crippen molar-refractivity contribution in [3.05, 3.63) is 42.7 Å². The van der Waals surface area contributed by atoms with Crippen LogP contribution in [0.2, 0.25) is 0 Å². The molecule has 1 fully saturated rings. The van der Waals surface area contributed by atoms with E-state index in [1.54, 1.807) is 18.5 Å². The topological polar surface area (TPSA) is 75.6 Å². The van der Waals surface area contributed by atoms with E-state index < -0.39 is 22.1 Å². The van der Waals surface area contributed by atoms with Gasteiger partial charge in [0, 0.05) is 44.6 Å². The van der Waals surface area contributed by atoms with Crippen LogP contribution in [-0.2, 0) is 10.0 Å². The van der Waals surface area contributed by atoms with Gasteiger partial charge in [0.2, 0.25) is 16.0 Å². The van der Waals surface area contributed by atoms with E-state index in [1.165, 1.54) is 16.4 Å². The van der Waals surface area contributed by atoms with Gasteiger partial charge < -0.3 is 9.64 Å². The van der Waals surface area contributed by atoms with E-state index in [2.05, 4.69) is 14.7 Å². The molecule has 1 aromatic heterocycles. The van der Waals surface area contributed by atoms with Gasteiger partial charge in [-0.25, -0.2) is 18.4 Å². The van der Waals surface area contributed by atoms with Crippen molar-refractivity contribution in [1.82, 2.24) is 14.3 Å². The van der Waals surface area contributed by atoms with Crippen LogP contribution in [-0.4, -0.2) is 55.2 Å². The molecule has 140 valence electrons. The highest BCUT2D eigenvalue weighted by molar-refractivity contribution is 7.89. The number of nitrogens with zero attached hydrogens (tertiary/aromatic N) is 4. The zero-order chi connectivity index (χ0) is 18.8. The first-order valence-electron chi connectivity index (χ1n) is 7.64. The van der Waals surface area contributed by atoms with E-state index in [1.807, 2.05) is 4.90 Å². The van der Waals surface area contributed by atoms with Crippen LogP contribution < -0.4 is 9.64 Å². The fourth-order valence-corrected chi connectivity index (χ4v) is 4.02. The van der Waals surface area contributed by atoms with Crippen LogP contribution in [0.1, 0.15) is 0 Å². The quantitative estimate of drug-likeness (QED) is 0.796. The minimum atomic E-state index is -4.89. The van der Waals surface area contributed by atoms with Crippen LogP contribution in [0.5, 0.6) is 5.75 Å². The molecule has 2 heterocycles. The third-order valence-electron chi connectivity index (χ3n) is 3.75. The third-order valence-corrected chi connectivity index (χ3v) is 5.65. The molecule has 0 unspecified atom stereocenters. The number of hydrogen-bond donors (Lipinski definition) is 0. The molecule has 1 aliphatic heterocycles. The molecule has 7 nitrogen and oxygen atoms in total. The number of anilines is 1. The van der Waals surface area contributed by atoms with Gasteiger partial charge in [-0.05, 0) is 18.2 Å². The average molecular weight is 388 g/mol. The van der Waals surface area contributed by atoms with Gasteiger partial charge in [-0.1, -0.05) is 6.07 Å². The smallest absolute Gasteiger partial charge is 0.406 e. The average Bonchev–Trinajstić information content (AvgIpc) is 2.61. The molecule has 0 amide bonds. The van der Waals surface area contributed by atoms with Crippen LogP contribution in [0.4, 0.5) is 19.1 Å². The zero-order valence-corrected chi connectivity index (χ0v) is 14.2. The van der Waals surface area contributed by atoms with Crippen molar-refractivity contribution in [1.29, 1.82) is 0 Å². The number of halogens is 3. The Morgan fingerprint density at radius 2 is 1.65 bits per heavy atom. The van der Waals surface area contributed by atoms with Crippen molar-refractivity contribution < 1.29 is 26.3 Å². The van der Waals surface area contributed by atoms with Gasteiger partial charge in [-0.2, -0.15) is 4.31 Å². The van der Waals surface area contributed by atoms with Gasteiger partial charge in [-0.3, -0.25) is 0 Å². The molecule has 0 bridgehead atoms. The summed E-state index contributed by atoms with van der Waals surface area (Å²) in [5, 5.41) is 0. The molecular weight excluding hydrogens is 373 g/mol. The SMILES string of the molecule is O=S(=O)(c1cccc(OC(F)(F)F)c1)N1CCN(c2ncccn2)CC1. The molecule has 1 aromatic carbocycles. The molecule has 2 aromatic rings. The Labute approximate surface area is 148 Å². The van der Waals surface area contributed by atoms with E-state index in [-0.39, 0.29) is 18.0 Å². The molecule has 11 heteroatoms. The lowest BCUT2D eigenvalue weighted by atomic mass is 10.3. The van der Waals surface area contributed by atoms with Gasteiger partial charge in [0.05, 0.1) is 4.90 Å². The lowest BCUT2D eigenvalue weighted by molar-refractivity contribution is -0.274. The van der Waals surface area contributed by atoms with Crippen LogP contribution in [0, 0.1) is 0 Å². The second-order valence-corrected chi connectivity index (χ2v) is 7.40. The Balaban J connectivity index is 1.72. The lowest BCUT2D eigenvalue weighted by Gasteiger charge is -2.33. The van der Waals surface area contributed by atoms with E-state index in [0.29, 0.717) is 19.0 Å². The first-order valence-corrected chi connectivity index (χ1v) is 9.08. The summed E-state index contributed by atoms with van der Waals surface area (Å²) < 4.78 is 67.4. The Morgan fingerprint density at radius 3 is 2.27 bits per heavy atom. The summed E-state index contributed by atoms with van der Waals surface area (Å²) in [5.74, 6) is -0.0694. The largest absolute Gasteiger partial charge is 0.573 e. The van der Waals surface area contributed by atoms with Gasteiger partial charge in [0.25, 0.3) is 0 Å². The van der Waals surface area contributed by atoms with Crippen molar-refractivity contribution in [2.75, 3.05) is 31.1 Å². The summed E-state index contributed by atoms with van der Waals surface area (Å²) in [6.45, 7) is 1.10. The van der Waals surface area contributed by atoms with Crippen LogP contribution >= 0.6 is 0 Å². The summed E-state index contributed by atoms with van der Waals surface area (Å²) in [7, 11) is -3.93. The Morgan fingerprint density at radius 1 is 1.00 bits per heavy atom. The van der Waals surface area contributed by atoms with Crippen LogP contribution in [0.3, 0.4) is 0 Å². The zero-order valence-electron chi connectivity index (χ0n) is 13.4. The molecule has 0 spiro atoms. The lowest BCUT2D eigenvalue weighted by Crippen LogP contribution is -2.49. The van der Waals surface area contributed by atoms with E-state index in [4.69, 9.17) is 0 Å². The highest BCUT2D eigenvalue weighted by atomic mass is 32.2. The molecule has 0 saturated carbocycles. The maximum Gasteiger partial charge on any atom is 0.573 e. The van der Waals surface area contributed by atoms with Gasteiger partial charge in [-0.15, -0.1) is 13.2 Å². The maximum atomic E-state index is 12.7. The van der Waals surface area contributed by atoms with Gasteiger partial charge >= 0.3 is 6.36 Å². The maximum absolute atomic E-state index is 12.7. The molecule has 1 saturated heterocycles. The van der Waals surface area contributed by atoms with Crippen molar-refractivity contribution >= 4 is 16.0 Å². The number of ether oxygens (including phenoxy) is 1. The third kappa shape index (κ3) is 4.22. The fraction of sp³-hybridized carbons (Fsp3) is 0.333. The summed E-state index contributed by atoms with van der Waals surface area (Å²) in [4.78, 5) is 9.83. The number of rotatable bonds is 4. The Bertz CT molecular complexity index is 854. The number of aromatic nitrogens is 2. The highest BCUT2D eigenvalue weighted by Gasteiger charge is 2.33. The second kappa shape index (κ2) is 7.08. The number of hydrogen-bond acceptors (Lipinski definition) is 6. The number of piperazine rings is 1. The summed E-state index contributed by atoms with van der Waals surface area (Å²) in [6, 6.07) is 6.06. The van der Waals surface area contributed by atoms with E-state index in [9.17, 15) is 21.6 Å². The Kier molecular flexibility index (Phi) is 5.01. The van der Waals surface area contributed by atoms with E-state index in [0.717, 1.165) is 12.1 Å². The van der Waals surface area contributed by atoms with E-state index >= 15 is 0 Å². The highest BCUT2D eigenvalue weighted by Crippen LogP contribution is 2.27. The number of sulfonamides is 1. The van der Waals surface area contributed by atoms with Crippen LogP contribution in [0.25, 0.3) is 0 Å².